The summed E-state index contributed by atoms with van der Waals surface area (Å²) in [5, 5.41) is 2.67. The Kier molecular flexibility index (Phi) is 9.90. The monoisotopic (exact) mass is 1020 g/mol. The molecular formula is C71H78BN3S. The number of benzene rings is 7. The molecule has 1 saturated carbocycles. The molecule has 3 aliphatic carbocycles. The molecule has 0 bridgehead atoms. The minimum absolute atomic E-state index is 0.0224. The number of hydrogen-bond acceptors (Lipinski definition) is 4. The van der Waals surface area contributed by atoms with Crippen molar-refractivity contribution in [2.45, 2.75) is 187 Å². The van der Waals surface area contributed by atoms with Crippen molar-refractivity contribution in [2.24, 2.45) is 0 Å². The first-order chi connectivity index (χ1) is 35.8. The van der Waals surface area contributed by atoms with E-state index in [1.165, 1.54) is 165 Å². The van der Waals surface area contributed by atoms with Crippen molar-refractivity contribution in [1.29, 1.82) is 0 Å². The zero-order valence-corrected chi connectivity index (χ0v) is 49.1. The van der Waals surface area contributed by atoms with E-state index in [1.807, 2.05) is 11.3 Å². The van der Waals surface area contributed by atoms with Gasteiger partial charge < -0.3 is 14.7 Å². The van der Waals surface area contributed by atoms with E-state index < -0.39 is 0 Å². The molecule has 0 radical (unpaired) electrons. The zero-order chi connectivity index (χ0) is 53.2. The second-order valence-corrected chi connectivity index (χ2v) is 29.9. The van der Waals surface area contributed by atoms with Crippen LogP contribution >= 0.6 is 11.3 Å². The minimum atomic E-state index is -0.0808. The molecule has 6 aliphatic rings. The molecule has 1 aromatic heterocycles. The molecule has 76 heavy (non-hydrogen) atoms. The molecule has 0 amide bonds. The molecular weight excluding hydrogens is 938 g/mol. The van der Waals surface area contributed by atoms with E-state index in [1.54, 1.807) is 0 Å². The Hall–Kier alpha value is -5.78. The van der Waals surface area contributed by atoms with Crippen molar-refractivity contribution in [2.75, 3.05) is 14.7 Å². The van der Waals surface area contributed by atoms with E-state index in [-0.39, 0.29) is 44.7 Å². The van der Waals surface area contributed by atoms with Gasteiger partial charge in [0.15, 0.2) is 0 Å². The standard InChI is InChI=1S/C71H78BN3S/c1-42-32-60-64-61(33-42)74(57-39-51-49(34-43(57)2)66(6,7)30-31-67(51,8)9)58-37-46(75-56-26-22-44(65(3,4)5)35-53(56)70(14)28-18-19-29-71(70,75)15)23-25-54(58)72(64)55-38-50-52(69(12,13)41-68(50,10)11)40-59(55)73(60)45-24-27-63-48(36-45)47-20-16-17-21-62(47)76-63/h16-17,20-27,32-40H,18-19,28-31,41H2,1-15H3. The molecule has 7 aromatic carbocycles. The molecule has 2 atom stereocenters. The van der Waals surface area contributed by atoms with Gasteiger partial charge >= 0.3 is 0 Å². The van der Waals surface area contributed by atoms with Gasteiger partial charge in [0, 0.05) is 71.1 Å². The fraction of sp³-hybridized carbons (Fsp3) is 0.408. The summed E-state index contributed by atoms with van der Waals surface area (Å²) in [5.41, 5.74) is 26.6. The average Bonchev–Trinajstić information content (AvgIpc) is 3.90. The summed E-state index contributed by atoms with van der Waals surface area (Å²) >= 11 is 1.91. The Balaban J connectivity index is 1.08. The van der Waals surface area contributed by atoms with Crippen molar-refractivity contribution in [3.8, 4) is 0 Å². The van der Waals surface area contributed by atoms with Crippen LogP contribution in [-0.4, -0.2) is 12.3 Å². The average molecular weight is 1020 g/mol. The second-order valence-electron chi connectivity index (χ2n) is 28.8. The molecule has 386 valence electrons. The number of aryl methyl sites for hydroxylation is 2. The normalized spacial score (nSPS) is 23.0. The summed E-state index contributed by atoms with van der Waals surface area (Å²) in [5.74, 6) is 0. The quantitative estimate of drug-likeness (QED) is 0.163. The minimum Gasteiger partial charge on any atom is -0.334 e. The summed E-state index contributed by atoms with van der Waals surface area (Å²) in [4.78, 5) is 8.27. The predicted molar refractivity (Wildman–Crippen MR) is 330 cm³/mol. The van der Waals surface area contributed by atoms with Crippen LogP contribution in [0, 0.1) is 13.8 Å². The summed E-state index contributed by atoms with van der Waals surface area (Å²) in [6.07, 6.45) is 8.38. The Morgan fingerprint density at radius 1 is 0.474 bits per heavy atom. The van der Waals surface area contributed by atoms with E-state index in [4.69, 9.17) is 0 Å². The predicted octanol–water partition coefficient (Wildman–Crippen LogP) is 18.1. The topological polar surface area (TPSA) is 9.72 Å². The van der Waals surface area contributed by atoms with Crippen LogP contribution < -0.4 is 31.1 Å². The number of anilines is 8. The molecule has 0 spiro atoms. The molecule has 14 rings (SSSR count). The Bertz CT molecular complexity index is 3840. The van der Waals surface area contributed by atoms with Gasteiger partial charge in [-0.3, -0.25) is 0 Å². The lowest BCUT2D eigenvalue weighted by Crippen LogP contribution is -2.61. The molecule has 4 heterocycles. The SMILES string of the molecule is Cc1cc2c3c(c1)N(c1cc4c(cc1C)C(C)(C)CCC4(C)C)c1cc(N4c5ccc(C(C)(C)C)cc5C5(C)CCCCC45C)ccc1B3c1cc3c(cc1N2c1ccc2sc4ccccc4c2c1)C(C)(C)CC3(C)C. The number of hydrogen-bond donors (Lipinski definition) is 0. The van der Waals surface area contributed by atoms with Gasteiger partial charge in [-0.25, -0.2) is 0 Å². The maximum atomic E-state index is 2.83. The van der Waals surface area contributed by atoms with Gasteiger partial charge in [0.1, 0.15) is 0 Å². The molecule has 1 fully saturated rings. The third-order valence-corrected chi connectivity index (χ3v) is 22.1. The van der Waals surface area contributed by atoms with Gasteiger partial charge in [-0.05, 0) is 208 Å². The fourth-order valence-corrected chi connectivity index (χ4v) is 17.8. The van der Waals surface area contributed by atoms with E-state index in [9.17, 15) is 0 Å². The highest BCUT2D eigenvalue weighted by atomic mass is 32.1. The van der Waals surface area contributed by atoms with Crippen LogP contribution in [0.15, 0.2) is 115 Å². The maximum Gasteiger partial charge on any atom is 0.252 e. The maximum absolute atomic E-state index is 2.83. The largest absolute Gasteiger partial charge is 0.334 e. The summed E-state index contributed by atoms with van der Waals surface area (Å²) in [7, 11) is 0. The Morgan fingerprint density at radius 2 is 1.09 bits per heavy atom. The molecule has 2 unspecified atom stereocenters. The second kappa shape index (κ2) is 15.5. The molecule has 0 saturated heterocycles. The lowest BCUT2D eigenvalue weighted by Gasteiger charge is -2.51. The molecule has 3 nitrogen and oxygen atoms in total. The van der Waals surface area contributed by atoms with E-state index in [0.717, 1.165) is 6.42 Å². The zero-order valence-electron chi connectivity index (χ0n) is 48.2. The molecule has 0 N–H and O–H groups in total. The lowest BCUT2D eigenvalue weighted by atomic mass is 9.33. The third-order valence-electron chi connectivity index (χ3n) is 20.9. The molecule has 3 aliphatic heterocycles. The molecule has 8 aromatic rings. The van der Waals surface area contributed by atoms with Crippen LogP contribution in [0.4, 0.5) is 45.5 Å². The first-order valence-corrected chi connectivity index (χ1v) is 29.7. The van der Waals surface area contributed by atoms with E-state index >= 15 is 0 Å². The van der Waals surface area contributed by atoms with Gasteiger partial charge in [-0.2, -0.15) is 0 Å². The first-order valence-electron chi connectivity index (χ1n) is 28.9. The van der Waals surface area contributed by atoms with Crippen molar-refractivity contribution >= 4 is 100 Å². The van der Waals surface area contributed by atoms with Crippen LogP contribution in [0.5, 0.6) is 0 Å². The Morgan fingerprint density at radius 3 is 1.83 bits per heavy atom. The highest BCUT2D eigenvalue weighted by molar-refractivity contribution is 7.25. The van der Waals surface area contributed by atoms with Gasteiger partial charge in [0.25, 0.3) is 6.71 Å². The van der Waals surface area contributed by atoms with Crippen LogP contribution in [-0.2, 0) is 32.5 Å². The highest BCUT2D eigenvalue weighted by Gasteiger charge is 2.58. The van der Waals surface area contributed by atoms with Gasteiger partial charge in [0.05, 0.1) is 5.54 Å². The van der Waals surface area contributed by atoms with Crippen LogP contribution in [0.25, 0.3) is 20.2 Å². The number of fused-ring (bicyclic) bond motifs is 12. The van der Waals surface area contributed by atoms with Crippen molar-refractivity contribution in [3.05, 3.63) is 160 Å². The summed E-state index contributed by atoms with van der Waals surface area (Å²) < 4.78 is 2.68. The van der Waals surface area contributed by atoms with Crippen LogP contribution in [0.1, 0.15) is 179 Å². The number of nitrogens with zero attached hydrogens (tertiary/aromatic N) is 3. The van der Waals surface area contributed by atoms with E-state index in [2.05, 4.69) is 234 Å². The number of thiophene rings is 1. The van der Waals surface area contributed by atoms with Gasteiger partial charge in [-0.15, -0.1) is 11.3 Å². The summed E-state index contributed by atoms with van der Waals surface area (Å²) in [6.45, 7) is 37.0. The summed E-state index contributed by atoms with van der Waals surface area (Å²) in [6, 6.07) is 47.3. The van der Waals surface area contributed by atoms with Crippen LogP contribution in [0.3, 0.4) is 0 Å². The van der Waals surface area contributed by atoms with Gasteiger partial charge in [-0.1, -0.05) is 144 Å². The lowest BCUT2D eigenvalue weighted by molar-refractivity contribution is 0.195. The van der Waals surface area contributed by atoms with Crippen molar-refractivity contribution < 1.29 is 0 Å². The van der Waals surface area contributed by atoms with Crippen molar-refractivity contribution in [3.63, 3.8) is 0 Å². The van der Waals surface area contributed by atoms with Gasteiger partial charge in [0.2, 0.25) is 0 Å². The third kappa shape index (κ3) is 6.53. The number of rotatable bonds is 3. The highest BCUT2D eigenvalue weighted by Crippen LogP contribution is 2.62. The van der Waals surface area contributed by atoms with Crippen molar-refractivity contribution in [1.82, 2.24) is 0 Å². The Labute approximate surface area is 458 Å². The molecule has 5 heteroatoms. The fourth-order valence-electron chi connectivity index (χ4n) is 16.7. The first kappa shape index (κ1) is 48.6. The smallest absolute Gasteiger partial charge is 0.252 e. The van der Waals surface area contributed by atoms with Crippen LogP contribution in [0.2, 0.25) is 0 Å². The van der Waals surface area contributed by atoms with E-state index in [0.29, 0.717) is 0 Å².